The van der Waals surface area contributed by atoms with Crippen molar-refractivity contribution in [3.63, 3.8) is 0 Å². The van der Waals surface area contributed by atoms with E-state index in [1.807, 2.05) is 23.8 Å². The number of benzene rings is 1. The van der Waals surface area contributed by atoms with Crippen LogP contribution < -0.4 is 11.4 Å². The predicted molar refractivity (Wildman–Crippen MR) is 65.4 cm³/mol. The molecule has 0 atom stereocenters. The lowest BCUT2D eigenvalue weighted by Gasteiger charge is -2.19. The summed E-state index contributed by atoms with van der Waals surface area (Å²) >= 11 is 0. The van der Waals surface area contributed by atoms with Crippen molar-refractivity contribution < 1.29 is 9.63 Å². The molecule has 0 radical (unpaired) electrons. The Hall–Kier alpha value is -1.43. The highest BCUT2D eigenvalue weighted by Crippen LogP contribution is 2.04. The Morgan fingerprint density at radius 3 is 2.71 bits per heavy atom. The number of nitrogens with two attached hydrogens (primary N) is 1. The van der Waals surface area contributed by atoms with Crippen molar-refractivity contribution in [3.05, 3.63) is 35.9 Å². The SMILES string of the molecule is CCN(CCC(=O)ONN)Cc1ccccc1. The third-order valence-electron chi connectivity index (χ3n) is 2.50. The molecule has 17 heavy (non-hydrogen) atoms. The molecule has 0 unspecified atom stereocenters. The number of nitrogens with one attached hydrogen (secondary N) is 1. The summed E-state index contributed by atoms with van der Waals surface area (Å²) in [7, 11) is 0. The fourth-order valence-corrected chi connectivity index (χ4v) is 1.56. The molecule has 0 aliphatic rings. The van der Waals surface area contributed by atoms with Crippen LogP contribution in [0.2, 0.25) is 0 Å². The lowest BCUT2D eigenvalue weighted by Crippen LogP contribution is -2.30. The predicted octanol–water partition coefficient (Wildman–Crippen LogP) is 0.820. The number of carbonyl (C=O) groups is 1. The molecule has 0 aromatic heterocycles. The van der Waals surface area contributed by atoms with Gasteiger partial charge >= 0.3 is 5.97 Å². The van der Waals surface area contributed by atoms with E-state index in [1.165, 1.54) is 5.56 Å². The molecule has 0 saturated carbocycles. The Morgan fingerprint density at radius 2 is 2.12 bits per heavy atom. The van der Waals surface area contributed by atoms with Crippen LogP contribution >= 0.6 is 0 Å². The van der Waals surface area contributed by atoms with Crippen LogP contribution in [0, 0.1) is 0 Å². The smallest absolute Gasteiger partial charge is 0.327 e. The van der Waals surface area contributed by atoms with Crippen LogP contribution in [0.1, 0.15) is 18.9 Å². The van der Waals surface area contributed by atoms with Crippen LogP contribution in [0.4, 0.5) is 0 Å². The minimum absolute atomic E-state index is 0.324. The summed E-state index contributed by atoms with van der Waals surface area (Å²) in [5, 5.41) is 0. The van der Waals surface area contributed by atoms with E-state index in [-0.39, 0.29) is 5.97 Å². The van der Waals surface area contributed by atoms with Crippen LogP contribution in [0.25, 0.3) is 0 Å². The van der Waals surface area contributed by atoms with Crippen molar-refractivity contribution >= 4 is 5.97 Å². The number of nitrogens with zero attached hydrogens (tertiary/aromatic N) is 1. The molecule has 0 spiro atoms. The number of hydrogen-bond donors (Lipinski definition) is 2. The van der Waals surface area contributed by atoms with Gasteiger partial charge in [0.15, 0.2) is 0 Å². The van der Waals surface area contributed by atoms with E-state index < -0.39 is 0 Å². The Bertz CT molecular complexity index is 330. The van der Waals surface area contributed by atoms with Gasteiger partial charge in [0, 0.05) is 13.1 Å². The molecule has 0 heterocycles. The molecule has 0 fully saturated rings. The van der Waals surface area contributed by atoms with Crippen molar-refractivity contribution in [3.8, 4) is 0 Å². The molecule has 1 aromatic carbocycles. The van der Waals surface area contributed by atoms with Crippen molar-refractivity contribution in [1.29, 1.82) is 0 Å². The fourth-order valence-electron chi connectivity index (χ4n) is 1.56. The largest absolute Gasteiger partial charge is 0.356 e. The van der Waals surface area contributed by atoms with Gasteiger partial charge in [-0.1, -0.05) is 42.8 Å². The number of hydrogen-bond acceptors (Lipinski definition) is 5. The lowest BCUT2D eigenvalue weighted by molar-refractivity contribution is -0.151. The summed E-state index contributed by atoms with van der Waals surface area (Å²) in [4.78, 5) is 17.7. The van der Waals surface area contributed by atoms with Gasteiger partial charge in [-0.3, -0.25) is 9.69 Å². The highest BCUT2D eigenvalue weighted by Gasteiger charge is 2.08. The van der Waals surface area contributed by atoms with Gasteiger partial charge in [-0.2, -0.15) is 0 Å². The zero-order chi connectivity index (χ0) is 12.5. The monoisotopic (exact) mass is 237 g/mol. The van der Waals surface area contributed by atoms with Crippen LogP contribution in [0.15, 0.2) is 30.3 Å². The van der Waals surface area contributed by atoms with E-state index in [1.54, 1.807) is 0 Å². The lowest BCUT2D eigenvalue weighted by atomic mass is 10.2. The minimum atomic E-state index is -0.348. The molecule has 3 N–H and O–H groups in total. The van der Waals surface area contributed by atoms with Crippen molar-refractivity contribution in [2.24, 2.45) is 5.84 Å². The van der Waals surface area contributed by atoms with E-state index in [9.17, 15) is 4.79 Å². The molecule has 0 bridgehead atoms. The second-order valence-electron chi connectivity index (χ2n) is 3.70. The Labute approximate surface area is 101 Å². The maximum absolute atomic E-state index is 11.1. The Kier molecular flexibility index (Phi) is 6.24. The van der Waals surface area contributed by atoms with E-state index in [4.69, 9.17) is 5.84 Å². The quantitative estimate of drug-likeness (QED) is 0.543. The topological polar surface area (TPSA) is 67.6 Å². The van der Waals surface area contributed by atoms with Gasteiger partial charge in [0.05, 0.1) is 6.42 Å². The zero-order valence-electron chi connectivity index (χ0n) is 10.1. The van der Waals surface area contributed by atoms with Gasteiger partial charge in [-0.05, 0) is 12.1 Å². The summed E-state index contributed by atoms with van der Waals surface area (Å²) in [6, 6.07) is 10.2. The molecule has 1 rings (SSSR count). The highest BCUT2D eigenvalue weighted by molar-refractivity contribution is 5.69. The Morgan fingerprint density at radius 1 is 1.41 bits per heavy atom. The van der Waals surface area contributed by atoms with E-state index in [0.717, 1.165) is 13.1 Å². The zero-order valence-corrected chi connectivity index (χ0v) is 10.1. The standard InChI is InChI=1S/C12H19N3O2/c1-2-15(9-8-12(16)17-14-13)10-11-6-4-3-5-7-11/h3-7,14H,2,8-10,13H2,1H3. The second-order valence-corrected chi connectivity index (χ2v) is 3.70. The summed E-state index contributed by atoms with van der Waals surface area (Å²) in [5.74, 6) is 4.54. The maximum atomic E-state index is 11.1. The van der Waals surface area contributed by atoms with E-state index in [0.29, 0.717) is 13.0 Å². The van der Waals surface area contributed by atoms with Crippen LogP contribution in [-0.2, 0) is 16.2 Å². The van der Waals surface area contributed by atoms with Crippen LogP contribution in [-0.4, -0.2) is 24.0 Å². The second kappa shape index (κ2) is 7.78. The first-order valence-electron chi connectivity index (χ1n) is 5.67. The maximum Gasteiger partial charge on any atom is 0.327 e. The molecule has 0 aliphatic heterocycles. The van der Waals surface area contributed by atoms with Gasteiger partial charge in [-0.25, -0.2) is 5.84 Å². The first-order chi connectivity index (χ1) is 8.26. The molecule has 94 valence electrons. The average Bonchev–Trinajstić information content (AvgIpc) is 2.36. The van der Waals surface area contributed by atoms with Crippen molar-refractivity contribution in [2.45, 2.75) is 19.9 Å². The molecule has 0 saturated heterocycles. The Balaban J connectivity index is 2.36. The number of carbonyl (C=O) groups excluding carboxylic acids is 1. The van der Waals surface area contributed by atoms with Gasteiger partial charge in [-0.15, -0.1) is 0 Å². The van der Waals surface area contributed by atoms with Gasteiger partial charge in [0.2, 0.25) is 0 Å². The molecule has 0 aliphatic carbocycles. The fraction of sp³-hybridized carbons (Fsp3) is 0.417. The van der Waals surface area contributed by atoms with Gasteiger partial charge < -0.3 is 4.84 Å². The van der Waals surface area contributed by atoms with E-state index >= 15 is 0 Å². The normalized spacial score (nSPS) is 10.5. The van der Waals surface area contributed by atoms with Crippen molar-refractivity contribution in [2.75, 3.05) is 13.1 Å². The van der Waals surface area contributed by atoms with Crippen molar-refractivity contribution in [1.82, 2.24) is 10.5 Å². The molecule has 5 nitrogen and oxygen atoms in total. The highest BCUT2D eigenvalue weighted by atomic mass is 16.7. The van der Waals surface area contributed by atoms with E-state index in [2.05, 4.69) is 28.8 Å². The average molecular weight is 237 g/mol. The third kappa shape index (κ3) is 5.44. The summed E-state index contributed by atoms with van der Waals surface area (Å²) in [5.41, 5.74) is 3.13. The number of rotatable bonds is 7. The minimum Gasteiger partial charge on any atom is -0.356 e. The van der Waals surface area contributed by atoms with Gasteiger partial charge in [0.25, 0.3) is 0 Å². The summed E-state index contributed by atoms with van der Waals surface area (Å²) < 4.78 is 0. The molecular weight excluding hydrogens is 218 g/mol. The van der Waals surface area contributed by atoms with Crippen LogP contribution in [0.3, 0.4) is 0 Å². The number of hydrazine groups is 1. The molecule has 5 heteroatoms. The molecule has 1 aromatic rings. The molecular formula is C12H19N3O2. The molecule has 0 amide bonds. The first-order valence-corrected chi connectivity index (χ1v) is 5.67. The van der Waals surface area contributed by atoms with Gasteiger partial charge in [0.1, 0.15) is 0 Å². The third-order valence-corrected chi connectivity index (χ3v) is 2.50. The van der Waals surface area contributed by atoms with Crippen LogP contribution in [0.5, 0.6) is 0 Å². The summed E-state index contributed by atoms with van der Waals surface area (Å²) in [6.07, 6.45) is 0.324. The first kappa shape index (κ1) is 13.6. The summed E-state index contributed by atoms with van der Waals surface area (Å²) in [6.45, 7) is 4.44.